The fourth-order valence-corrected chi connectivity index (χ4v) is 5.02. The maximum atomic E-state index is 14.0. The van der Waals surface area contributed by atoms with Gasteiger partial charge in [0.2, 0.25) is 0 Å². The number of benzene rings is 3. The van der Waals surface area contributed by atoms with Crippen molar-refractivity contribution in [1.82, 2.24) is 14.9 Å². The molecule has 0 saturated carbocycles. The first kappa shape index (κ1) is 23.1. The van der Waals surface area contributed by atoms with Gasteiger partial charge >= 0.3 is 6.18 Å². The van der Waals surface area contributed by atoms with Crippen LogP contribution < -0.4 is 0 Å². The molecule has 0 radical (unpaired) electrons. The summed E-state index contributed by atoms with van der Waals surface area (Å²) in [6, 6.07) is 17.4. The maximum absolute atomic E-state index is 14.0. The summed E-state index contributed by atoms with van der Waals surface area (Å²) < 4.78 is 39.6. The molecular formula is C28H26F3N3O. The van der Waals surface area contributed by atoms with Crippen molar-refractivity contribution < 1.29 is 18.0 Å². The molecule has 180 valence electrons. The Labute approximate surface area is 201 Å². The molecule has 35 heavy (non-hydrogen) atoms. The van der Waals surface area contributed by atoms with Crippen LogP contribution in [0.1, 0.15) is 52.6 Å². The number of hydrogen-bond acceptors (Lipinski definition) is 2. The van der Waals surface area contributed by atoms with Crippen LogP contribution in [-0.2, 0) is 11.7 Å². The fourth-order valence-electron chi connectivity index (χ4n) is 5.02. The highest BCUT2D eigenvalue weighted by Crippen LogP contribution is 2.40. The van der Waals surface area contributed by atoms with Gasteiger partial charge in [0.15, 0.2) is 0 Å². The van der Waals surface area contributed by atoms with Gasteiger partial charge < -0.3 is 9.88 Å². The molecule has 0 spiro atoms. The molecule has 7 heteroatoms. The summed E-state index contributed by atoms with van der Waals surface area (Å²) in [6.45, 7) is 6.45. The van der Waals surface area contributed by atoms with Crippen molar-refractivity contribution in [3.8, 4) is 11.1 Å². The lowest BCUT2D eigenvalue weighted by molar-refractivity contribution is -0.137. The first-order valence-corrected chi connectivity index (χ1v) is 11.6. The molecule has 0 aliphatic carbocycles. The van der Waals surface area contributed by atoms with E-state index in [0.29, 0.717) is 29.9 Å². The minimum atomic E-state index is -4.44. The first-order chi connectivity index (χ1) is 16.6. The number of imidazole rings is 1. The molecule has 2 heterocycles. The van der Waals surface area contributed by atoms with Crippen molar-refractivity contribution in [2.45, 2.75) is 45.3 Å². The van der Waals surface area contributed by atoms with Gasteiger partial charge in [-0.2, -0.15) is 13.2 Å². The Kier molecular flexibility index (Phi) is 5.46. The topological polar surface area (TPSA) is 49.0 Å². The molecular weight excluding hydrogens is 451 g/mol. The Hall–Kier alpha value is -3.61. The zero-order valence-electron chi connectivity index (χ0n) is 19.8. The molecule has 0 bridgehead atoms. The summed E-state index contributed by atoms with van der Waals surface area (Å²) in [7, 11) is 0. The van der Waals surface area contributed by atoms with E-state index in [2.05, 4.69) is 16.0 Å². The van der Waals surface area contributed by atoms with E-state index in [4.69, 9.17) is 0 Å². The van der Waals surface area contributed by atoms with Crippen LogP contribution >= 0.6 is 0 Å². The van der Waals surface area contributed by atoms with Crippen LogP contribution in [0.15, 0.2) is 60.7 Å². The van der Waals surface area contributed by atoms with Gasteiger partial charge in [0, 0.05) is 12.1 Å². The minimum Gasteiger partial charge on any atom is -0.340 e. The number of nitrogens with one attached hydrogen (secondary N) is 1. The monoisotopic (exact) mass is 477 g/mol. The molecule has 3 aromatic carbocycles. The molecule has 5 rings (SSSR count). The van der Waals surface area contributed by atoms with Gasteiger partial charge in [-0.15, -0.1) is 0 Å². The Morgan fingerprint density at radius 2 is 1.80 bits per heavy atom. The molecule has 1 N–H and O–H groups in total. The van der Waals surface area contributed by atoms with Gasteiger partial charge in [-0.25, -0.2) is 4.98 Å². The van der Waals surface area contributed by atoms with E-state index in [9.17, 15) is 18.0 Å². The second-order valence-electron chi connectivity index (χ2n) is 9.57. The van der Waals surface area contributed by atoms with Gasteiger partial charge in [-0.05, 0) is 69.0 Å². The van der Waals surface area contributed by atoms with Crippen LogP contribution in [-0.4, -0.2) is 27.3 Å². The van der Waals surface area contributed by atoms with Gasteiger partial charge in [-0.3, -0.25) is 4.79 Å². The Morgan fingerprint density at radius 3 is 2.54 bits per heavy atom. The molecule has 1 aromatic heterocycles. The second kappa shape index (κ2) is 8.26. The number of nitrogens with zero attached hydrogens (tertiary/aromatic N) is 2. The molecule has 4 aromatic rings. The minimum absolute atomic E-state index is 0.110. The average molecular weight is 478 g/mol. The third kappa shape index (κ3) is 4.09. The molecule has 1 amide bonds. The van der Waals surface area contributed by atoms with Crippen LogP contribution in [0.3, 0.4) is 0 Å². The van der Waals surface area contributed by atoms with Crippen molar-refractivity contribution in [1.29, 1.82) is 0 Å². The Balaban J connectivity index is 1.56. The van der Waals surface area contributed by atoms with E-state index in [-0.39, 0.29) is 11.4 Å². The number of likely N-dealkylation sites (tertiary alicyclic amines) is 1. The molecule has 4 nitrogen and oxygen atoms in total. The van der Waals surface area contributed by atoms with Crippen LogP contribution in [0.25, 0.3) is 22.2 Å². The van der Waals surface area contributed by atoms with E-state index >= 15 is 0 Å². The number of amides is 1. The largest absolute Gasteiger partial charge is 0.416 e. The number of rotatable bonds is 3. The number of aromatic amines is 1. The zero-order chi connectivity index (χ0) is 25.0. The van der Waals surface area contributed by atoms with E-state index < -0.39 is 17.3 Å². The summed E-state index contributed by atoms with van der Waals surface area (Å²) in [5.74, 6) is 0.393. The Bertz CT molecular complexity index is 1440. The zero-order valence-corrected chi connectivity index (χ0v) is 19.8. The highest BCUT2D eigenvalue weighted by atomic mass is 19.4. The number of fused-ring (bicyclic) bond motifs is 1. The van der Waals surface area contributed by atoms with Gasteiger partial charge in [0.05, 0.1) is 22.1 Å². The average Bonchev–Trinajstić information content (AvgIpc) is 3.42. The SMILES string of the molecule is Cc1cccc(-c2ccc(C)cc2C(=O)N2CCC[C@@]2(C)c2nc3cc(C(F)(F)F)ccc3[nH]2)c1. The highest BCUT2D eigenvalue weighted by Gasteiger charge is 2.44. The lowest BCUT2D eigenvalue weighted by Gasteiger charge is -2.34. The third-order valence-electron chi connectivity index (χ3n) is 6.94. The van der Waals surface area contributed by atoms with Crippen molar-refractivity contribution >= 4 is 16.9 Å². The van der Waals surface area contributed by atoms with Gasteiger partial charge in [0.1, 0.15) is 5.82 Å². The van der Waals surface area contributed by atoms with Crippen molar-refractivity contribution in [2.75, 3.05) is 6.54 Å². The van der Waals surface area contributed by atoms with Crippen molar-refractivity contribution in [2.24, 2.45) is 0 Å². The normalized spacial score (nSPS) is 18.4. The number of carbonyl (C=O) groups is 1. The Morgan fingerprint density at radius 1 is 1.03 bits per heavy atom. The summed E-state index contributed by atoms with van der Waals surface area (Å²) in [6.07, 6.45) is -3.00. The standard InChI is InChI=1S/C28H26F3N3O/c1-17-6-4-7-19(14-17)21-10-8-18(2)15-22(21)25(35)34-13-5-12-27(34,3)26-32-23-11-9-20(28(29,30)31)16-24(23)33-26/h4,6-11,14-16H,5,12-13H2,1-3H3,(H,32,33)/t27-/m0/s1. The number of hydrogen-bond donors (Lipinski definition) is 1. The summed E-state index contributed by atoms with van der Waals surface area (Å²) in [4.78, 5) is 23.5. The smallest absolute Gasteiger partial charge is 0.340 e. The number of aromatic nitrogens is 2. The van der Waals surface area contributed by atoms with Gasteiger partial charge in [-0.1, -0.05) is 47.5 Å². The summed E-state index contributed by atoms with van der Waals surface area (Å²) in [5, 5.41) is 0. The number of alkyl halides is 3. The number of halogens is 3. The number of carbonyl (C=O) groups excluding carboxylic acids is 1. The predicted molar refractivity (Wildman–Crippen MR) is 130 cm³/mol. The molecule has 1 saturated heterocycles. The van der Waals surface area contributed by atoms with Crippen LogP contribution in [0.2, 0.25) is 0 Å². The third-order valence-corrected chi connectivity index (χ3v) is 6.94. The molecule has 1 aliphatic heterocycles. The maximum Gasteiger partial charge on any atom is 0.416 e. The van der Waals surface area contributed by atoms with Crippen LogP contribution in [0.5, 0.6) is 0 Å². The van der Waals surface area contributed by atoms with E-state index in [1.54, 1.807) is 0 Å². The van der Waals surface area contributed by atoms with E-state index in [1.165, 1.54) is 6.07 Å². The molecule has 0 unspecified atom stereocenters. The summed E-state index contributed by atoms with van der Waals surface area (Å²) in [5.41, 5.74) is 3.78. The van der Waals surface area contributed by atoms with Crippen LogP contribution in [0.4, 0.5) is 13.2 Å². The lowest BCUT2D eigenvalue weighted by atomic mass is 9.93. The lowest BCUT2D eigenvalue weighted by Crippen LogP contribution is -2.43. The van der Waals surface area contributed by atoms with Crippen LogP contribution in [0, 0.1) is 13.8 Å². The van der Waals surface area contributed by atoms with E-state index in [0.717, 1.165) is 40.8 Å². The number of H-pyrrole nitrogens is 1. The number of aryl methyl sites for hydroxylation is 2. The second-order valence-corrected chi connectivity index (χ2v) is 9.57. The summed E-state index contributed by atoms with van der Waals surface area (Å²) >= 11 is 0. The molecule has 1 atom stereocenters. The predicted octanol–water partition coefficient (Wildman–Crippen LogP) is 7.02. The van der Waals surface area contributed by atoms with E-state index in [1.807, 2.05) is 62.1 Å². The van der Waals surface area contributed by atoms with Gasteiger partial charge in [0.25, 0.3) is 5.91 Å². The fraction of sp³-hybridized carbons (Fsp3) is 0.286. The van der Waals surface area contributed by atoms with Crippen molar-refractivity contribution in [3.63, 3.8) is 0 Å². The quantitative estimate of drug-likeness (QED) is 0.345. The first-order valence-electron chi connectivity index (χ1n) is 11.6. The van der Waals surface area contributed by atoms with Crippen molar-refractivity contribution in [3.05, 3.63) is 88.7 Å². The highest BCUT2D eigenvalue weighted by molar-refractivity contribution is 6.01. The molecule has 1 aliphatic rings. The molecule has 1 fully saturated rings.